The van der Waals surface area contributed by atoms with Gasteiger partial charge in [0.25, 0.3) is 0 Å². The summed E-state index contributed by atoms with van der Waals surface area (Å²) >= 11 is 0. The molecule has 0 atom stereocenters. The van der Waals surface area contributed by atoms with Crippen molar-refractivity contribution < 1.29 is 14.6 Å². The molecule has 0 unspecified atom stereocenters. The highest BCUT2D eigenvalue weighted by molar-refractivity contribution is 5.89. The highest BCUT2D eigenvalue weighted by Gasteiger charge is 2.17. The quantitative estimate of drug-likeness (QED) is 0.724. The van der Waals surface area contributed by atoms with Crippen LogP contribution in [0.15, 0.2) is 64.3 Å². The van der Waals surface area contributed by atoms with Gasteiger partial charge in [0, 0.05) is 23.3 Å². The van der Waals surface area contributed by atoms with Gasteiger partial charge >= 0.3 is 0 Å². The molecular weight excluding hydrogens is 280 g/mol. The van der Waals surface area contributed by atoms with Gasteiger partial charge in [-0.1, -0.05) is 36.4 Å². The van der Waals surface area contributed by atoms with E-state index in [9.17, 15) is 15.0 Å². The molecule has 3 rings (SSSR count). The lowest BCUT2D eigenvalue weighted by atomic mass is 10.0. The Hall–Kier alpha value is -3.01. The van der Waals surface area contributed by atoms with E-state index < -0.39 is 0 Å². The molecule has 3 aromatic rings. The Bertz CT molecular complexity index is 908. The average molecular weight is 294 g/mol. The van der Waals surface area contributed by atoms with Crippen molar-refractivity contribution >= 4 is 11.0 Å². The summed E-state index contributed by atoms with van der Waals surface area (Å²) in [4.78, 5) is 12.3. The van der Waals surface area contributed by atoms with Gasteiger partial charge in [-0.25, -0.2) is 0 Å². The van der Waals surface area contributed by atoms with Crippen molar-refractivity contribution in [1.29, 1.82) is 0 Å². The summed E-state index contributed by atoms with van der Waals surface area (Å²) in [6.45, 7) is 3.64. The molecule has 0 fully saturated rings. The molecule has 0 amide bonds. The predicted molar refractivity (Wildman–Crippen MR) is 85.2 cm³/mol. The topological polar surface area (TPSA) is 70.7 Å². The third kappa shape index (κ3) is 2.24. The molecule has 2 aromatic carbocycles. The fourth-order valence-electron chi connectivity index (χ4n) is 2.44. The van der Waals surface area contributed by atoms with E-state index in [2.05, 4.69) is 6.58 Å². The second kappa shape index (κ2) is 5.41. The molecule has 2 N–H and O–H groups in total. The molecule has 1 aromatic heterocycles. The summed E-state index contributed by atoms with van der Waals surface area (Å²) in [6, 6.07) is 11.7. The van der Waals surface area contributed by atoms with Gasteiger partial charge in [0.05, 0.1) is 0 Å². The molecule has 0 saturated heterocycles. The van der Waals surface area contributed by atoms with Gasteiger partial charge in [0.15, 0.2) is 5.43 Å². The first kappa shape index (κ1) is 13.9. The number of allylic oxidation sites excluding steroid dienone is 1. The van der Waals surface area contributed by atoms with Gasteiger partial charge in [-0.05, 0) is 6.42 Å². The van der Waals surface area contributed by atoms with E-state index in [4.69, 9.17) is 4.42 Å². The minimum atomic E-state index is -0.358. The van der Waals surface area contributed by atoms with Gasteiger partial charge < -0.3 is 14.6 Å². The number of aromatic hydroxyl groups is 2. The Kier molecular flexibility index (Phi) is 3.43. The normalized spacial score (nSPS) is 10.7. The van der Waals surface area contributed by atoms with Crippen LogP contribution in [0.4, 0.5) is 0 Å². The van der Waals surface area contributed by atoms with Crippen LogP contribution in [0.3, 0.4) is 0 Å². The lowest BCUT2D eigenvalue weighted by molar-refractivity contribution is 0.448. The summed E-state index contributed by atoms with van der Waals surface area (Å²) in [5.41, 5.74) is 0.998. The largest absolute Gasteiger partial charge is 0.507 e. The lowest BCUT2D eigenvalue weighted by Crippen LogP contribution is -2.03. The molecule has 4 heteroatoms. The van der Waals surface area contributed by atoms with Crippen molar-refractivity contribution in [3.8, 4) is 22.8 Å². The summed E-state index contributed by atoms with van der Waals surface area (Å²) < 4.78 is 5.81. The molecule has 4 nitrogen and oxygen atoms in total. The van der Waals surface area contributed by atoms with E-state index in [1.807, 2.05) is 30.3 Å². The van der Waals surface area contributed by atoms with Crippen LogP contribution < -0.4 is 5.43 Å². The fraction of sp³-hybridized carbons (Fsp3) is 0.0556. The molecule has 0 spiro atoms. The third-order valence-electron chi connectivity index (χ3n) is 3.47. The maximum absolute atomic E-state index is 12.3. The zero-order valence-electron chi connectivity index (χ0n) is 11.7. The average Bonchev–Trinajstić information content (AvgIpc) is 2.51. The zero-order chi connectivity index (χ0) is 15.7. The fourth-order valence-corrected chi connectivity index (χ4v) is 2.44. The van der Waals surface area contributed by atoms with Crippen molar-refractivity contribution in [3.05, 3.63) is 70.9 Å². The number of rotatable bonds is 3. The van der Waals surface area contributed by atoms with Crippen LogP contribution in [-0.2, 0) is 6.42 Å². The molecule has 110 valence electrons. The third-order valence-corrected chi connectivity index (χ3v) is 3.47. The first-order valence-electron chi connectivity index (χ1n) is 6.80. The van der Waals surface area contributed by atoms with Gasteiger partial charge in [-0.15, -0.1) is 6.58 Å². The first-order valence-corrected chi connectivity index (χ1v) is 6.80. The van der Waals surface area contributed by atoms with Crippen molar-refractivity contribution in [2.45, 2.75) is 6.42 Å². The van der Waals surface area contributed by atoms with Gasteiger partial charge in [0.2, 0.25) is 0 Å². The molecule has 0 saturated carbocycles. The van der Waals surface area contributed by atoms with Gasteiger partial charge in [0.1, 0.15) is 28.2 Å². The summed E-state index contributed by atoms with van der Waals surface area (Å²) in [6.07, 6.45) is 1.92. The van der Waals surface area contributed by atoms with E-state index in [-0.39, 0.29) is 27.9 Å². The van der Waals surface area contributed by atoms with E-state index in [1.165, 1.54) is 6.07 Å². The first-order chi connectivity index (χ1) is 10.6. The molecule has 0 aliphatic rings. The molecule has 0 aliphatic heterocycles. The Morgan fingerprint density at radius 3 is 2.50 bits per heavy atom. The Labute approximate surface area is 126 Å². The Morgan fingerprint density at radius 2 is 1.82 bits per heavy atom. The van der Waals surface area contributed by atoms with Crippen LogP contribution in [-0.4, -0.2) is 10.2 Å². The molecule has 22 heavy (non-hydrogen) atoms. The van der Waals surface area contributed by atoms with E-state index in [0.29, 0.717) is 17.7 Å². The summed E-state index contributed by atoms with van der Waals surface area (Å²) in [5, 5.41) is 20.0. The van der Waals surface area contributed by atoms with Crippen molar-refractivity contribution in [1.82, 2.24) is 0 Å². The Morgan fingerprint density at radius 1 is 1.09 bits per heavy atom. The van der Waals surface area contributed by atoms with Crippen LogP contribution in [0.2, 0.25) is 0 Å². The minimum Gasteiger partial charge on any atom is -0.507 e. The minimum absolute atomic E-state index is 0.0642. The van der Waals surface area contributed by atoms with E-state index in [0.717, 1.165) is 11.6 Å². The maximum atomic E-state index is 12.3. The number of hydrogen-bond donors (Lipinski definition) is 2. The number of fused-ring (bicyclic) bond motifs is 1. The molecule has 1 heterocycles. The highest BCUT2D eigenvalue weighted by atomic mass is 16.3. The van der Waals surface area contributed by atoms with Crippen LogP contribution in [0, 0.1) is 0 Å². The van der Waals surface area contributed by atoms with Crippen LogP contribution in [0.1, 0.15) is 5.56 Å². The molecule has 0 aliphatic carbocycles. The zero-order valence-corrected chi connectivity index (χ0v) is 11.7. The molecule has 0 radical (unpaired) electrons. The second-order valence-electron chi connectivity index (χ2n) is 4.93. The maximum Gasteiger partial charge on any atom is 0.197 e. The molecule has 0 bridgehead atoms. The smallest absolute Gasteiger partial charge is 0.197 e. The second-order valence-corrected chi connectivity index (χ2v) is 4.93. The lowest BCUT2D eigenvalue weighted by Gasteiger charge is -2.10. The SMILES string of the molecule is C=CCc1c(O)cc(O)c2c(=O)cc(-c3ccccc3)oc12. The van der Waals surface area contributed by atoms with Crippen LogP contribution in [0.25, 0.3) is 22.3 Å². The molecular formula is C18H14O4. The van der Waals surface area contributed by atoms with Crippen LogP contribution in [0.5, 0.6) is 11.5 Å². The van der Waals surface area contributed by atoms with Gasteiger partial charge in [-0.2, -0.15) is 0 Å². The summed E-state index contributed by atoms with van der Waals surface area (Å²) in [5.74, 6) is -0.0413. The van der Waals surface area contributed by atoms with E-state index >= 15 is 0 Å². The summed E-state index contributed by atoms with van der Waals surface area (Å²) in [7, 11) is 0. The standard InChI is InChI=1S/C18H14O4/c1-2-6-12-13(19)9-14(20)17-15(21)10-16(22-18(12)17)11-7-4-3-5-8-11/h2-5,7-10,19-20H,1,6H2. The number of benzene rings is 2. The monoisotopic (exact) mass is 294 g/mol. The van der Waals surface area contributed by atoms with Crippen molar-refractivity contribution in [2.24, 2.45) is 0 Å². The van der Waals surface area contributed by atoms with Gasteiger partial charge in [-0.3, -0.25) is 4.79 Å². The van der Waals surface area contributed by atoms with Crippen LogP contribution >= 0.6 is 0 Å². The number of hydrogen-bond acceptors (Lipinski definition) is 4. The van der Waals surface area contributed by atoms with Crippen molar-refractivity contribution in [3.63, 3.8) is 0 Å². The number of phenols is 2. The van der Waals surface area contributed by atoms with Crippen molar-refractivity contribution in [2.75, 3.05) is 0 Å². The van der Waals surface area contributed by atoms with E-state index in [1.54, 1.807) is 6.08 Å². The number of phenolic OH excluding ortho intramolecular Hbond substituents is 2. The Balaban J connectivity index is 2.39. The highest BCUT2D eigenvalue weighted by Crippen LogP contribution is 2.35. The predicted octanol–water partition coefficient (Wildman–Crippen LogP) is 3.60.